The molecule has 1 N–H and O–H groups in total. The number of ether oxygens (including phenoxy) is 1. The third kappa shape index (κ3) is 4.09. The monoisotopic (exact) mass is 320 g/mol. The first kappa shape index (κ1) is 16.4. The third-order valence-electron chi connectivity index (χ3n) is 4.68. The molecule has 126 valence electrons. The van der Waals surface area contributed by atoms with E-state index < -0.39 is 0 Å². The number of rotatable bonds is 7. The highest BCUT2D eigenvalue weighted by atomic mass is 19.1. The summed E-state index contributed by atoms with van der Waals surface area (Å²) < 4.78 is 19.5. The molecule has 3 rings (SSSR count). The van der Waals surface area contributed by atoms with Crippen LogP contribution in [0, 0.1) is 11.7 Å². The van der Waals surface area contributed by atoms with Gasteiger partial charge in [-0.25, -0.2) is 4.39 Å². The van der Waals surface area contributed by atoms with Gasteiger partial charge >= 0.3 is 0 Å². The fourth-order valence-electron chi connectivity index (χ4n) is 3.16. The van der Waals surface area contributed by atoms with Gasteiger partial charge in [0.15, 0.2) is 0 Å². The normalized spacial score (nSPS) is 21.0. The second-order valence-electron chi connectivity index (χ2n) is 6.62. The summed E-state index contributed by atoms with van der Waals surface area (Å²) in [6, 6.07) is 4.84. The van der Waals surface area contributed by atoms with Crippen molar-refractivity contribution in [2.75, 3.05) is 26.7 Å². The molecule has 1 saturated heterocycles. The van der Waals surface area contributed by atoms with Crippen LogP contribution < -0.4 is 5.32 Å². The van der Waals surface area contributed by atoms with Gasteiger partial charge < -0.3 is 15.0 Å². The molecule has 1 aromatic rings. The van der Waals surface area contributed by atoms with Crippen LogP contribution in [0.5, 0.6) is 0 Å². The van der Waals surface area contributed by atoms with Gasteiger partial charge in [0.2, 0.25) is 0 Å². The zero-order valence-electron chi connectivity index (χ0n) is 13.7. The van der Waals surface area contributed by atoms with Crippen LogP contribution in [0.3, 0.4) is 0 Å². The number of benzene rings is 1. The lowest BCUT2D eigenvalue weighted by molar-refractivity contribution is 0.0736. The molecule has 0 spiro atoms. The smallest absolute Gasteiger partial charge is 0.254 e. The Morgan fingerprint density at radius 1 is 1.39 bits per heavy atom. The van der Waals surface area contributed by atoms with E-state index in [4.69, 9.17) is 4.74 Å². The number of likely N-dealkylation sites (tertiary alicyclic amines) is 1. The molecule has 4 nitrogen and oxygen atoms in total. The molecule has 1 heterocycles. The van der Waals surface area contributed by atoms with Crippen LogP contribution in [-0.4, -0.2) is 43.6 Å². The minimum Gasteiger partial charge on any atom is -0.376 e. The lowest BCUT2D eigenvalue weighted by Gasteiger charge is -2.24. The number of hydrogen-bond acceptors (Lipinski definition) is 3. The topological polar surface area (TPSA) is 41.6 Å². The third-order valence-corrected chi connectivity index (χ3v) is 4.68. The number of nitrogens with zero attached hydrogens (tertiary/aromatic N) is 1. The van der Waals surface area contributed by atoms with E-state index in [2.05, 4.69) is 5.32 Å². The van der Waals surface area contributed by atoms with Crippen LogP contribution in [0.1, 0.15) is 41.6 Å². The van der Waals surface area contributed by atoms with Crippen molar-refractivity contribution in [1.29, 1.82) is 0 Å². The number of amides is 1. The second kappa shape index (κ2) is 7.41. The molecule has 2 aliphatic rings. The Morgan fingerprint density at radius 2 is 2.22 bits per heavy atom. The Kier molecular flexibility index (Phi) is 5.28. The van der Waals surface area contributed by atoms with Crippen LogP contribution in [-0.2, 0) is 11.3 Å². The van der Waals surface area contributed by atoms with Crippen LogP contribution >= 0.6 is 0 Å². The van der Waals surface area contributed by atoms with Crippen molar-refractivity contribution in [3.8, 4) is 0 Å². The zero-order chi connectivity index (χ0) is 16.2. The Hall–Kier alpha value is -1.46. The molecule has 5 heteroatoms. The maximum absolute atomic E-state index is 13.9. The SMILES string of the molecule is CNC[C@@H]1CCCN1C(=O)c1ccc(F)c(COCC2CC2)c1. The van der Waals surface area contributed by atoms with E-state index in [0.29, 0.717) is 23.7 Å². The first-order valence-corrected chi connectivity index (χ1v) is 8.50. The van der Waals surface area contributed by atoms with Crippen LogP contribution in [0.2, 0.25) is 0 Å². The quantitative estimate of drug-likeness (QED) is 0.839. The van der Waals surface area contributed by atoms with Crippen LogP contribution in [0.15, 0.2) is 18.2 Å². The molecule has 0 unspecified atom stereocenters. The largest absolute Gasteiger partial charge is 0.376 e. The molecule has 1 saturated carbocycles. The van der Waals surface area contributed by atoms with E-state index in [-0.39, 0.29) is 24.4 Å². The summed E-state index contributed by atoms with van der Waals surface area (Å²) in [7, 11) is 1.90. The first-order chi connectivity index (χ1) is 11.2. The molecule has 0 radical (unpaired) electrons. The molecule has 0 aromatic heterocycles. The van der Waals surface area contributed by atoms with Crippen LogP contribution in [0.4, 0.5) is 4.39 Å². The predicted molar refractivity (Wildman–Crippen MR) is 86.8 cm³/mol. The minimum absolute atomic E-state index is 0.00815. The number of hydrogen-bond donors (Lipinski definition) is 1. The number of carbonyl (C=O) groups excluding carboxylic acids is 1. The van der Waals surface area contributed by atoms with E-state index >= 15 is 0 Å². The summed E-state index contributed by atoms with van der Waals surface area (Å²) in [6.45, 7) is 2.50. The number of likely N-dealkylation sites (N-methyl/N-ethyl adjacent to an activating group) is 1. The molecular formula is C18H25FN2O2. The lowest BCUT2D eigenvalue weighted by Crippen LogP contribution is -2.40. The van der Waals surface area contributed by atoms with Crippen LogP contribution in [0.25, 0.3) is 0 Å². The highest BCUT2D eigenvalue weighted by Crippen LogP contribution is 2.29. The van der Waals surface area contributed by atoms with Gasteiger partial charge in [0.25, 0.3) is 5.91 Å². The van der Waals surface area contributed by atoms with Crippen molar-refractivity contribution in [3.63, 3.8) is 0 Å². The number of nitrogens with one attached hydrogen (secondary N) is 1. The van der Waals surface area contributed by atoms with Gasteiger partial charge in [-0.15, -0.1) is 0 Å². The maximum atomic E-state index is 13.9. The van der Waals surface area contributed by atoms with Gasteiger partial charge in [-0.3, -0.25) is 4.79 Å². The average molecular weight is 320 g/mol. The van der Waals surface area contributed by atoms with E-state index in [9.17, 15) is 9.18 Å². The summed E-state index contributed by atoms with van der Waals surface area (Å²) in [6.07, 6.45) is 4.47. The maximum Gasteiger partial charge on any atom is 0.254 e. The van der Waals surface area contributed by atoms with Crippen molar-refractivity contribution < 1.29 is 13.9 Å². The molecule has 1 amide bonds. The Morgan fingerprint density at radius 3 is 2.96 bits per heavy atom. The Labute approximate surface area is 137 Å². The lowest BCUT2D eigenvalue weighted by atomic mass is 10.1. The van der Waals surface area contributed by atoms with Gasteiger partial charge in [0.1, 0.15) is 5.82 Å². The molecule has 23 heavy (non-hydrogen) atoms. The van der Waals surface area contributed by atoms with E-state index in [1.807, 2.05) is 11.9 Å². The van der Waals surface area contributed by atoms with Gasteiger partial charge in [0.05, 0.1) is 6.61 Å². The van der Waals surface area contributed by atoms with Gasteiger partial charge in [-0.2, -0.15) is 0 Å². The highest BCUT2D eigenvalue weighted by Gasteiger charge is 2.29. The summed E-state index contributed by atoms with van der Waals surface area (Å²) in [5.74, 6) is 0.339. The molecule has 1 atom stereocenters. The van der Waals surface area contributed by atoms with Gasteiger partial charge in [-0.1, -0.05) is 0 Å². The highest BCUT2D eigenvalue weighted by molar-refractivity contribution is 5.94. The molecule has 0 bridgehead atoms. The van der Waals surface area contributed by atoms with Crippen molar-refractivity contribution >= 4 is 5.91 Å². The summed E-state index contributed by atoms with van der Waals surface area (Å²) in [4.78, 5) is 14.6. The molecule has 2 fully saturated rings. The molecule has 1 aliphatic carbocycles. The Bertz CT molecular complexity index is 560. The summed E-state index contributed by atoms with van der Waals surface area (Å²) in [5, 5.41) is 3.14. The zero-order valence-corrected chi connectivity index (χ0v) is 13.7. The number of halogens is 1. The van der Waals surface area contributed by atoms with Crippen molar-refractivity contribution in [2.45, 2.75) is 38.3 Å². The van der Waals surface area contributed by atoms with Crippen molar-refractivity contribution in [2.24, 2.45) is 5.92 Å². The fraction of sp³-hybridized carbons (Fsp3) is 0.611. The van der Waals surface area contributed by atoms with Crippen molar-refractivity contribution in [3.05, 3.63) is 35.1 Å². The Balaban J connectivity index is 1.67. The standard InChI is InChI=1S/C18H25FN2O2/c1-20-10-16-3-2-8-21(16)18(22)14-6-7-17(19)15(9-14)12-23-11-13-4-5-13/h6-7,9,13,16,20H,2-5,8,10-12H2,1H3/t16-/m0/s1. The van der Waals surface area contributed by atoms with Crippen molar-refractivity contribution in [1.82, 2.24) is 10.2 Å². The first-order valence-electron chi connectivity index (χ1n) is 8.50. The van der Waals surface area contributed by atoms with E-state index in [1.165, 1.54) is 18.9 Å². The molecule has 1 aromatic carbocycles. The number of carbonyl (C=O) groups is 1. The van der Waals surface area contributed by atoms with Gasteiger partial charge in [0, 0.05) is 36.9 Å². The molecular weight excluding hydrogens is 295 g/mol. The summed E-state index contributed by atoms with van der Waals surface area (Å²) >= 11 is 0. The van der Waals surface area contributed by atoms with E-state index in [1.54, 1.807) is 12.1 Å². The van der Waals surface area contributed by atoms with E-state index in [0.717, 1.165) is 25.9 Å². The predicted octanol–water partition coefficient (Wildman–Crippen LogP) is 2.58. The minimum atomic E-state index is -0.300. The average Bonchev–Trinajstić information content (AvgIpc) is 3.26. The van der Waals surface area contributed by atoms with Gasteiger partial charge in [-0.05, 0) is 56.8 Å². The second-order valence-corrected chi connectivity index (χ2v) is 6.62. The molecule has 1 aliphatic heterocycles. The summed E-state index contributed by atoms with van der Waals surface area (Å²) in [5.41, 5.74) is 1.03. The fourth-order valence-corrected chi connectivity index (χ4v) is 3.16.